The molecule has 30 heavy (non-hydrogen) atoms. The molecule has 3 heterocycles. The maximum atomic E-state index is 13.0. The van der Waals surface area contributed by atoms with Crippen LogP contribution in [0.3, 0.4) is 0 Å². The molecule has 0 radical (unpaired) electrons. The van der Waals surface area contributed by atoms with Gasteiger partial charge in [-0.15, -0.1) is 22.7 Å². The molecule has 1 amide bonds. The Morgan fingerprint density at radius 3 is 2.77 bits per heavy atom. The Balaban J connectivity index is 1.54. The Bertz CT molecular complexity index is 1250. The normalized spacial score (nSPS) is 10.9. The monoisotopic (exact) mass is 441 g/mol. The number of benzene rings is 1. The second-order valence-electron chi connectivity index (χ2n) is 6.41. The minimum absolute atomic E-state index is 0.117. The highest BCUT2D eigenvalue weighted by Crippen LogP contribution is 2.33. The first kappa shape index (κ1) is 20.1. The number of nitrogens with zero attached hydrogens (tertiary/aromatic N) is 2. The number of fused-ring (bicyclic) bond motifs is 1. The van der Waals surface area contributed by atoms with Gasteiger partial charge in [-0.05, 0) is 17.5 Å². The van der Waals surface area contributed by atoms with E-state index in [0.29, 0.717) is 21.7 Å². The van der Waals surface area contributed by atoms with Crippen molar-refractivity contribution in [3.63, 3.8) is 0 Å². The Morgan fingerprint density at radius 2 is 2.03 bits per heavy atom. The van der Waals surface area contributed by atoms with E-state index < -0.39 is 0 Å². The van der Waals surface area contributed by atoms with Crippen LogP contribution in [-0.2, 0) is 17.9 Å². The number of rotatable bonds is 7. The first-order chi connectivity index (χ1) is 14.6. The van der Waals surface area contributed by atoms with Gasteiger partial charge in [-0.2, -0.15) is 0 Å². The molecule has 154 valence electrons. The lowest BCUT2D eigenvalue weighted by molar-refractivity contribution is -0.121. The Labute approximate surface area is 180 Å². The van der Waals surface area contributed by atoms with Gasteiger partial charge >= 0.3 is 0 Å². The SMILES string of the molecule is COc1cccc(CNC(=O)Cn2cnc3scc(-c4cccs4)c3c2=O)c1OC. The zero-order chi connectivity index (χ0) is 21.1. The number of nitrogens with one attached hydrogen (secondary N) is 1. The molecule has 0 aliphatic carbocycles. The minimum atomic E-state index is -0.295. The van der Waals surface area contributed by atoms with Gasteiger partial charge in [0.05, 0.1) is 25.9 Å². The molecule has 0 saturated carbocycles. The van der Waals surface area contributed by atoms with Gasteiger partial charge < -0.3 is 14.8 Å². The average molecular weight is 442 g/mol. The molecule has 0 spiro atoms. The first-order valence-electron chi connectivity index (χ1n) is 9.09. The Morgan fingerprint density at radius 1 is 1.17 bits per heavy atom. The Kier molecular flexibility index (Phi) is 5.82. The summed E-state index contributed by atoms with van der Waals surface area (Å²) in [5.74, 6) is 0.865. The van der Waals surface area contributed by atoms with Crippen LogP contribution in [0.1, 0.15) is 5.56 Å². The number of carbonyl (C=O) groups is 1. The number of amides is 1. The van der Waals surface area contributed by atoms with Gasteiger partial charge in [0.1, 0.15) is 11.4 Å². The van der Waals surface area contributed by atoms with Crippen LogP contribution in [0.25, 0.3) is 20.7 Å². The molecule has 0 aliphatic rings. The molecule has 1 aromatic carbocycles. The predicted molar refractivity (Wildman–Crippen MR) is 119 cm³/mol. The molecular weight excluding hydrogens is 422 g/mol. The van der Waals surface area contributed by atoms with Crippen molar-refractivity contribution in [2.75, 3.05) is 14.2 Å². The van der Waals surface area contributed by atoms with Crippen molar-refractivity contribution in [1.29, 1.82) is 0 Å². The molecule has 0 aliphatic heterocycles. The molecular formula is C21H19N3O4S2. The molecule has 0 unspecified atom stereocenters. The van der Waals surface area contributed by atoms with Crippen LogP contribution in [0, 0.1) is 0 Å². The van der Waals surface area contributed by atoms with E-state index in [1.807, 2.05) is 35.0 Å². The van der Waals surface area contributed by atoms with E-state index in [4.69, 9.17) is 9.47 Å². The van der Waals surface area contributed by atoms with Crippen LogP contribution in [-0.4, -0.2) is 29.7 Å². The summed E-state index contributed by atoms with van der Waals surface area (Å²) in [4.78, 5) is 31.6. The van der Waals surface area contributed by atoms with E-state index in [1.165, 1.54) is 22.2 Å². The maximum Gasteiger partial charge on any atom is 0.263 e. The van der Waals surface area contributed by atoms with E-state index in [9.17, 15) is 9.59 Å². The van der Waals surface area contributed by atoms with Gasteiger partial charge in [-0.3, -0.25) is 14.2 Å². The molecule has 7 nitrogen and oxygen atoms in total. The summed E-state index contributed by atoms with van der Waals surface area (Å²) in [7, 11) is 3.11. The first-order valence-corrected chi connectivity index (χ1v) is 10.9. The van der Waals surface area contributed by atoms with Gasteiger partial charge in [-0.1, -0.05) is 18.2 Å². The van der Waals surface area contributed by atoms with Crippen molar-refractivity contribution in [2.24, 2.45) is 0 Å². The van der Waals surface area contributed by atoms with Gasteiger partial charge in [0.2, 0.25) is 5.91 Å². The zero-order valence-electron chi connectivity index (χ0n) is 16.4. The van der Waals surface area contributed by atoms with E-state index in [0.717, 1.165) is 16.0 Å². The van der Waals surface area contributed by atoms with Crippen LogP contribution in [0.15, 0.2) is 52.2 Å². The largest absolute Gasteiger partial charge is 0.493 e. The lowest BCUT2D eigenvalue weighted by atomic mass is 10.2. The van der Waals surface area contributed by atoms with E-state index in [-0.39, 0.29) is 24.6 Å². The molecule has 1 N–H and O–H groups in total. The number of aromatic nitrogens is 2. The molecule has 0 fully saturated rings. The number of para-hydroxylation sites is 1. The third-order valence-corrected chi connectivity index (χ3v) is 6.41. The summed E-state index contributed by atoms with van der Waals surface area (Å²) >= 11 is 2.99. The zero-order valence-corrected chi connectivity index (χ0v) is 18.0. The molecule has 0 saturated heterocycles. The molecule has 3 aromatic heterocycles. The number of thiophene rings is 2. The fourth-order valence-electron chi connectivity index (χ4n) is 3.19. The molecule has 0 bridgehead atoms. The van der Waals surface area contributed by atoms with Crippen LogP contribution in [0.2, 0.25) is 0 Å². The van der Waals surface area contributed by atoms with Crippen molar-refractivity contribution >= 4 is 38.8 Å². The second-order valence-corrected chi connectivity index (χ2v) is 8.22. The van der Waals surface area contributed by atoms with Crippen LogP contribution in [0.5, 0.6) is 11.5 Å². The fourth-order valence-corrected chi connectivity index (χ4v) is 4.91. The fraction of sp³-hybridized carbons (Fsp3) is 0.190. The van der Waals surface area contributed by atoms with Gasteiger partial charge in [0.25, 0.3) is 5.56 Å². The highest BCUT2D eigenvalue weighted by Gasteiger charge is 2.16. The number of carbonyl (C=O) groups excluding carboxylic acids is 1. The summed E-state index contributed by atoms with van der Waals surface area (Å²) in [6.45, 7) is 0.135. The lowest BCUT2D eigenvalue weighted by Crippen LogP contribution is -2.32. The summed E-state index contributed by atoms with van der Waals surface area (Å²) in [6, 6.07) is 9.38. The molecule has 0 atom stereocenters. The number of methoxy groups -OCH3 is 2. The van der Waals surface area contributed by atoms with Gasteiger partial charge in [-0.25, -0.2) is 4.98 Å². The maximum absolute atomic E-state index is 13.0. The summed E-state index contributed by atoms with van der Waals surface area (Å²) < 4.78 is 12.0. The molecule has 9 heteroatoms. The van der Waals surface area contributed by atoms with Crippen molar-refractivity contribution in [1.82, 2.24) is 14.9 Å². The number of hydrogen-bond acceptors (Lipinski definition) is 7. The van der Waals surface area contributed by atoms with Gasteiger partial charge in [0, 0.05) is 27.9 Å². The van der Waals surface area contributed by atoms with Gasteiger partial charge in [0.15, 0.2) is 11.5 Å². The summed E-state index contributed by atoms with van der Waals surface area (Å²) in [6.07, 6.45) is 1.42. The average Bonchev–Trinajstić information content (AvgIpc) is 3.43. The topological polar surface area (TPSA) is 82.5 Å². The van der Waals surface area contributed by atoms with Crippen molar-refractivity contribution in [3.8, 4) is 21.9 Å². The van der Waals surface area contributed by atoms with Crippen molar-refractivity contribution in [2.45, 2.75) is 13.1 Å². The van der Waals surface area contributed by atoms with Crippen LogP contribution in [0.4, 0.5) is 0 Å². The van der Waals surface area contributed by atoms with Crippen molar-refractivity contribution in [3.05, 3.63) is 63.3 Å². The third kappa shape index (κ3) is 3.81. The van der Waals surface area contributed by atoms with Crippen LogP contribution < -0.4 is 20.3 Å². The lowest BCUT2D eigenvalue weighted by Gasteiger charge is -2.13. The molecule has 4 rings (SSSR count). The van der Waals surface area contributed by atoms with Crippen molar-refractivity contribution < 1.29 is 14.3 Å². The third-order valence-electron chi connectivity index (χ3n) is 4.62. The molecule has 4 aromatic rings. The predicted octanol–water partition coefficient (Wildman–Crippen LogP) is 3.52. The smallest absolute Gasteiger partial charge is 0.263 e. The second kappa shape index (κ2) is 8.68. The number of ether oxygens (including phenoxy) is 2. The van der Waals surface area contributed by atoms with Crippen LogP contribution >= 0.6 is 22.7 Å². The quantitative estimate of drug-likeness (QED) is 0.475. The summed E-state index contributed by atoms with van der Waals surface area (Å²) in [5, 5.41) is 7.28. The van der Waals surface area contributed by atoms with E-state index in [2.05, 4.69) is 10.3 Å². The van der Waals surface area contributed by atoms with E-state index in [1.54, 1.807) is 31.6 Å². The van der Waals surface area contributed by atoms with E-state index >= 15 is 0 Å². The standard InChI is InChI=1S/C21H19N3O4S2/c1-27-15-6-3-5-13(19(15)28-2)9-22-17(25)10-24-12-23-20-18(21(24)26)14(11-30-20)16-7-4-8-29-16/h3-8,11-12H,9-10H2,1-2H3,(H,22,25). The number of hydrogen-bond donors (Lipinski definition) is 1. The summed E-state index contributed by atoms with van der Waals surface area (Å²) in [5.41, 5.74) is 1.42. The minimum Gasteiger partial charge on any atom is -0.493 e. The highest BCUT2D eigenvalue weighted by atomic mass is 32.1. The Hall–Kier alpha value is -3.17. The highest BCUT2D eigenvalue weighted by molar-refractivity contribution is 7.18.